The number of hydrogen-bond acceptors (Lipinski definition) is 4. The zero-order chi connectivity index (χ0) is 14.7. The predicted molar refractivity (Wildman–Crippen MR) is 75.9 cm³/mol. The van der Waals surface area contributed by atoms with E-state index in [9.17, 15) is 4.79 Å². The first-order valence-corrected chi connectivity index (χ1v) is 6.77. The van der Waals surface area contributed by atoms with Crippen molar-refractivity contribution in [3.63, 3.8) is 0 Å². The summed E-state index contributed by atoms with van der Waals surface area (Å²) in [7, 11) is 3.02. The van der Waals surface area contributed by atoms with E-state index in [2.05, 4.69) is 0 Å². The fraction of sp³-hybridized carbons (Fsp3) is 0.500. The van der Waals surface area contributed by atoms with E-state index in [-0.39, 0.29) is 12.0 Å². The van der Waals surface area contributed by atoms with Crippen LogP contribution in [0.5, 0.6) is 11.5 Å². The van der Waals surface area contributed by atoms with Gasteiger partial charge in [0.05, 0.1) is 32.0 Å². The second-order valence-electron chi connectivity index (χ2n) is 4.63. The lowest BCUT2D eigenvalue weighted by Crippen LogP contribution is -2.44. The Morgan fingerprint density at radius 1 is 1.40 bits per heavy atom. The van der Waals surface area contributed by atoms with Crippen LogP contribution in [0.2, 0.25) is 5.02 Å². The van der Waals surface area contributed by atoms with E-state index in [0.717, 1.165) is 0 Å². The van der Waals surface area contributed by atoms with Crippen LogP contribution in [-0.2, 0) is 4.74 Å². The van der Waals surface area contributed by atoms with Crippen molar-refractivity contribution in [2.24, 2.45) is 0 Å². The van der Waals surface area contributed by atoms with Crippen LogP contribution < -0.4 is 9.47 Å². The fourth-order valence-corrected chi connectivity index (χ4v) is 2.51. The van der Waals surface area contributed by atoms with Crippen LogP contribution in [-0.4, -0.2) is 50.8 Å². The molecule has 1 aromatic rings. The number of hydrogen-bond donors (Lipinski definition) is 0. The molecule has 0 aromatic heterocycles. The molecule has 0 N–H and O–H groups in total. The standard InChI is InChI=1S/C14H18ClNO4/c1-9-8-16(4-5-20-9)14(17)10-6-11(15)13(19-3)12(7-10)18-2/h6-7,9H,4-5,8H2,1-3H3. The smallest absolute Gasteiger partial charge is 0.254 e. The van der Waals surface area contributed by atoms with E-state index in [1.807, 2.05) is 6.92 Å². The van der Waals surface area contributed by atoms with Crippen LogP contribution in [0.25, 0.3) is 0 Å². The van der Waals surface area contributed by atoms with Crippen LogP contribution in [0, 0.1) is 0 Å². The Hall–Kier alpha value is -1.46. The number of nitrogens with zero attached hydrogens (tertiary/aromatic N) is 1. The molecule has 1 heterocycles. The molecule has 0 aliphatic carbocycles. The van der Waals surface area contributed by atoms with Gasteiger partial charge < -0.3 is 19.1 Å². The zero-order valence-corrected chi connectivity index (χ0v) is 12.6. The third-order valence-electron chi connectivity index (χ3n) is 3.21. The maximum absolute atomic E-state index is 12.5. The second-order valence-corrected chi connectivity index (χ2v) is 5.03. The van der Waals surface area contributed by atoms with Crippen molar-refractivity contribution in [3.05, 3.63) is 22.7 Å². The Bertz CT molecular complexity index is 506. The van der Waals surface area contributed by atoms with E-state index < -0.39 is 0 Å². The first kappa shape index (κ1) is 14.9. The van der Waals surface area contributed by atoms with E-state index in [0.29, 0.717) is 41.8 Å². The molecule has 1 aliphatic rings. The van der Waals surface area contributed by atoms with Gasteiger partial charge in [-0.2, -0.15) is 0 Å². The van der Waals surface area contributed by atoms with Crippen molar-refractivity contribution in [1.82, 2.24) is 4.90 Å². The lowest BCUT2D eigenvalue weighted by Gasteiger charge is -2.31. The van der Waals surface area contributed by atoms with Crippen LogP contribution in [0.3, 0.4) is 0 Å². The molecule has 1 aliphatic heterocycles. The number of halogens is 1. The van der Waals surface area contributed by atoms with Gasteiger partial charge in [0.1, 0.15) is 0 Å². The molecule has 5 nitrogen and oxygen atoms in total. The van der Waals surface area contributed by atoms with Crippen molar-refractivity contribution in [2.45, 2.75) is 13.0 Å². The summed E-state index contributed by atoms with van der Waals surface area (Å²) in [4.78, 5) is 14.2. The van der Waals surface area contributed by atoms with Crippen molar-refractivity contribution in [2.75, 3.05) is 33.9 Å². The summed E-state index contributed by atoms with van der Waals surface area (Å²) >= 11 is 6.12. The Morgan fingerprint density at radius 2 is 2.15 bits per heavy atom. The van der Waals surface area contributed by atoms with Crippen molar-refractivity contribution in [3.8, 4) is 11.5 Å². The molecule has 1 fully saturated rings. The summed E-state index contributed by atoms with van der Waals surface area (Å²) in [6.45, 7) is 3.65. The number of carbonyl (C=O) groups is 1. The number of rotatable bonds is 3. The maximum atomic E-state index is 12.5. The summed E-state index contributed by atoms with van der Waals surface area (Å²) < 4.78 is 15.8. The molecule has 0 spiro atoms. The first-order valence-electron chi connectivity index (χ1n) is 6.39. The van der Waals surface area contributed by atoms with Crippen LogP contribution >= 0.6 is 11.6 Å². The minimum Gasteiger partial charge on any atom is -0.493 e. The zero-order valence-electron chi connectivity index (χ0n) is 11.8. The van der Waals surface area contributed by atoms with E-state index in [4.69, 9.17) is 25.8 Å². The summed E-state index contributed by atoms with van der Waals surface area (Å²) in [5.41, 5.74) is 0.488. The number of methoxy groups -OCH3 is 2. The molecule has 20 heavy (non-hydrogen) atoms. The van der Waals surface area contributed by atoms with Crippen LogP contribution in [0.1, 0.15) is 17.3 Å². The highest BCUT2D eigenvalue weighted by Crippen LogP contribution is 2.36. The highest BCUT2D eigenvalue weighted by Gasteiger charge is 2.24. The highest BCUT2D eigenvalue weighted by molar-refractivity contribution is 6.32. The van der Waals surface area contributed by atoms with Gasteiger partial charge in [-0.1, -0.05) is 11.6 Å². The van der Waals surface area contributed by atoms with Gasteiger partial charge in [0.2, 0.25) is 0 Å². The predicted octanol–water partition coefficient (Wildman–Crippen LogP) is 2.22. The largest absolute Gasteiger partial charge is 0.493 e. The third-order valence-corrected chi connectivity index (χ3v) is 3.49. The molecule has 0 radical (unpaired) electrons. The Labute approximate surface area is 123 Å². The molecule has 1 amide bonds. The van der Waals surface area contributed by atoms with Gasteiger partial charge in [-0.25, -0.2) is 0 Å². The Balaban J connectivity index is 2.28. The van der Waals surface area contributed by atoms with Crippen molar-refractivity contribution >= 4 is 17.5 Å². The molecule has 110 valence electrons. The molecule has 0 bridgehead atoms. The lowest BCUT2D eigenvalue weighted by atomic mass is 10.1. The fourth-order valence-electron chi connectivity index (χ4n) is 2.23. The molecule has 1 saturated heterocycles. The Kier molecular flexibility index (Phi) is 4.73. The Morgan fingerprint density at radius 3 is 2.75 bits per heavy atom. The number of amides is 1. The van der Waals surface area contributed by atoms with Gasteiger partial charge in [0, 0.05) is 18.7 Å². The highest BCUT2D eigenvalue weighted by atomic mass is 35.5. The van der Waals surface area contributed by atoms with Gasteiger partial charge in [-0.3, -0.25) is 4.79 Å². The van der Waals surface area contributed by atoms with Gasteiger partial charge >= 0.3 is 0 Å². The van der Waals surface area contributed by atoms with Gasteiger partial charge in [0.15, 0.2) is 11.5 Å². The normalized spacial score (nSPS) is 18.8. The van der Waals surface area contributed by atoms with Crippen molar-refractivity contribution in [1.29, 1.82) is 0 Å². The number of morpholine rings is 1. The molecule has 6 heteroatoms. The molecular formula is C14H18ClNO4. The van der Waals surface area contributed by atoms with E-state index >= 15 is 0 Å². The van der Waals surface area contributed by atoms with Gasteiger partial charge in [-0.05, 0) is 19.1 Å². The summed E-state index contributed by atoms with van der Waals surface area (Å²) in [5, 5.41) is 0.358. The molecule has 0 saturated carbocycles. The van der Waals surface area contributed by atoms with Gasteiger partial charge in [-0.15, -0.1) is 0 Å². The number of ether oxygens (including phenoxy) is 3. The van der Waals surface area contributed by atoms with Crippen LogP contribution in [0.15, 0.2) is 12.1 Å². The quantitative estimate of drug-likeness (QED) is 0.858. The summed E-state index contributed by atoms with van der Waals surface area (Å²) in [5.74, 6) is 0.800. The summed E-state index contributed by atoms with van der Waals surface area (Å²) in [6.07, 6.45) is 0.0447. The minimum absolute atomic E-state index is 0.0447. The minimum atomic E-state index is -0.0806. The second kappa shape index (κ2) is 6.33. The topological polar surface area (TPSA) is 48.0 Å². The molecule has 1 aromatic carbocycles. The molecule has 1 atom stereocenters. The third kappa shape index (κ3) is 2.99. The van der Waals surface area contributed by atoms with Crippen molar-refractivity contribution < 1.29 is 19.0 Å². The summed E-state index contributed by atoms with van der Waals surface area (Å²) in [6, 6.07) is 3.25. The molecule has 1 unspecified atom stereocenters. The van der Waals surface area contributed by atoms with E-state index in [1.54, 1.807) is 17.0 Å². The number of carbonyl (C=O) groups excluding carboxylic acids is 1. The monoisotopic (exact) mass is 299 g/mol. The van der Waals surface area contributed by atoms with E-state index in [1.165, 1.54) is 14.2 Å². The maximum Gasteiger partial charge on any atom is 0.254 e. The van der Waals surface area contributed by atoms with Crippen LogP contribution in [0.4, 0.5) is 0 Å². The first-order chi connectivity index (χ1) is 9.56. The van der Waals surface area contributed by atoms with Gasteiger partial charge in [0.25, 0.3) is 5.91 Å². The lowest BCUT2D eigenvalue weighted by molar-refractivity contribution is -0.0124. The average Bonchev–Trinajstić information content (AvgIpc) is 2.45. The molecule has 2 rings (SSSR count). The SMILES string of the molecule is COc1cc(C(=O)N2CCOC(C)C2)cc(Cl)c1OC. The molecular weight excluding hydrogens is 282 g/mol. The average molecular weight is 300 g/mol. The number of benzene rings is 1.